The van der Waals surface area contributed by atoms with Crippen molar-refractivity contribution in [3.8, 4) is 22.6 Å². The number of H-pyrrole nitrogens is 1. The molecule has 0 atom stereocenters. The van der Waals surface area contributed by atoms with E-state index in [1.54, 1.807) is 23.3 Å². The van der Waals surface area contributed by atoms with E-state index < -0.39 is 0 Å². The van der Waals surface area contributed by atoms with Gasteiger partial charge in [0.05, 0.1) is 23.3 Å². The minimum absolute atomic E-state index is 0.519. The van der Waals surface area contributed by atoms with Crippen LogP contribution in [0.2, 0.25) is 0 Å². The molecule has 5 rings (SSSR count). The highest BCUT2D eigenvalue weighted by Crippen LogP contribution is 2.26. The van der Waals surface area contributed by atoms with Gasteiger partial charge in [-0.1, -0.05) is 18.2 Å². The molecule has 28 heavy (non-hydrogen) atoms. The first kappa shape index (κ1) is 16.2. The van der Waals surface area contributed by atoms with E-state index in [2.05, 4.69) is 48.6 Å². The second kappa shape index (κ2) is 6.62. The van der Waals surface area contributed by atoms with Gasteiger partial charge in [0.1, 0.15) is 5.82 Å². The maximum absolute atomic E-state index is 4.64. The number of aromatic nitrogens is 6. The van der Waals surface area contributed by atoms with Gasteiger partial charge in [0.15, 0.2) is 0 Å². The predicted molar refractivity (Wildman–Crippen MR) is 109 cm³/mol. The first-order valence-electron chi connectivity index (χ1n) is 8.89. The Kier molecular flexibility index (Phi) is 3.83. The maximum atomic E-state index is 4.64. The molecule has 0 aliphatic heterocycles. The van der Waals surface area contributed by atoms with Gasteiger partial charge in [0.25, 0.3) is 0 Å². The van der Waals surface area contributed by atoms with Crippen LogP contribution in [0.3, 0.4) is 0 Å². The van der Waals surface area contributed by atoms with E-state index in [4.69, 9.17) is 0 Å². The first-order chi connectivity index (χ1) is 13.8. The molecule has 136 valence electrons. The lowest BCUT2D eigenvalue weighted by Crippen LogP contribution is -2.02. The topological polar surface area (TPSA) is 84.3 Å². The van der Waals surface area contributed by atoms with Crippen LogP contribution in [0.1, 0.15) is 0 Å². The van der Waals surface area contributed by atoms with Crippen molar-refractivity contribution < 1.29 is 0 Å². The van der Waals surface area contributed by atoms with E-state index in [1.165, 1.54) is 0 Å². The Labute approximate surface area is 161 Å². The molecule has 0 spiro atoms. The SMILES string of the molecule is Cn1nccc1Nc1nccc(-c2ccnc(-c3cc4ccccc4[nH]3)c2)n1. The van der Waals surface area contributed by atoms with Gasteiger partial charge in [-0.2, -0.15) is 5.10 Å². The van der Waals surface area contributed by atoms with Crippen molar-refractivity contribution in [2.45, 2.75) is 0 Å². The summed E-state index contributed by atoms with van der Waals surface area (Å²) < 4.78 is 1.73. The molecular formula is C21H17N7. The summed E-state index contributed by atoms with van der Waals surface area (Å²) >= 11 is 0. The minimum Gasteiger partial charge on any atom is -0.353 e. The Balaban J connectivity index is 1.49. The van der Waals surface area contributed by atoms with E-state index in [9.17, 15) is 0 Å². The second-order valence-electron chi connectivity index (χ2n) is 6.43. The molecule has 0 amide bonds. The Morgan fingerprint density at radius 2 is 1.79 bits per heavy atom. The highest BCUT2D eigenvalue weighted by molar-refractivity contribution is 5.85. The Hall–Kier alpha value is -4.00. The fraction of sp³-hybridized carbons (Fsp3) is 0.0476. The summed E-state index contributed by atoms with van der Waals surface area (Å²) in [5.41, 5.74) is 4.73. The van der Waals surface area contributed by atoms with Crippen molar-refractivity contribution in [2.24, 2.45) is 7.05 Å². The van der Waals surface area contributed by atoms with Crippen molar-refractivity contribution in [3.63, 3.8) is 0 Å². The third-order valence-electron chi connectivity index (χ3n) is 4.58. The number of hydrogen-bond acceptors (Lipinski definition) is 5. The zero-order chi connectivity index (χ0) is 18.9. The molecule has 7 nitrogen and oxygen atoms in total. The van der Waals surface area contributed by atoms with Gasteiger partial charge < -0.3 is 10.3 Å². The Morgan fingerprint density at radius 3 is 2.64 bits per heavy atom. The lowest BCUT2D eigenvalue weighted by molar-refractivity contribution is 0.775. The number of rotatable bonds is 4. The molecule has 0 unspecified atom stereocenters. The predicted octanol–water partition coefficient (Wildman–Crippen LogP) is 4.16. The minimum atomic E-state index is 0.519. The van der Waals surface area contributed by atoms with Crippen molar-refractivity contribution >= 4 is 22.7 Å². The van der Waals surface area contributed by atoms with E-state index in [1.807, 2.05) is 43.4 Å². The average Bonchev–Trinajstić information content (AvgIpc) is 3.35. The molecule has 0 fully saturated rings. The number of benzene rings is 1. The number of anilines is 2. The number of hydrogen-bond donors (Lipinski definition) is 2. The molecule has 5 aromatic rings. The number of aryl methyl sites for hydroxylation is 1. The third kappa shape index (κ3) is 2.99. The van der Waals surface area contributed by atoms with Crippen LogP contribution >= 0.6 is 0 Å². The molecule has 0 aliphatic rings. The summed E-state index contributed by atoms with van der Waals surface area (Å²) in [4.78, 5) is 16.9. The van der Waals surface area contributed by atoms with Crippen molar-refractivity contribution in [1.82, 2.24) is 29.7 Å². The van der Waals surface area contributed by atoms with Crippen LogP contribution < -0.4 is 5.32 Å². The maximum Gasteiger partial charge on any atom is 0.228 e. The molecule has 0 saturated heterocycles. The van der Waals surface area contributed by atoms with Gasteiger partial charge in [0, 0.05) is 42.0 Å². The summed E-state index contributed by atoms with van der Waals surface area (Å²) in [7, 11) is 1.86. The van der Waals surface area contributed by atoms with Gasteiger partial charge in [-0.15, -0.1) is 0 Å². The quantitative estimate of drug-likeness (QED) is 0.498. The van der Waals surface area contributed by atoms with Gasteiger partial charge >= 0.3 is 0 Å². The fourth-order valence-corrected chi connectivity index (χ4v) is 3.14. The highest BCUT2D eigenvalue weighted by Gasteiger charge is 2.09. The summed E-state index contributed by atoms with van der Waals surface area (Å²) in [5, 5.41) is 8.49. The number of para-hydroxylation sites is 1. The molecule has 4 aromatic heterocycles. The normalized spacial score (nSPS) is 11.0. The van der Waals surface area contributed by atoms with Crippen LogP contribution in [0.4, 0.5) is 11.8 Å². The number of fused-ring (bicyclic) bond motifs is 1. The molecular weight excluding hydrogens is 350 g/mol. The van der Waals surface area contributed by atoms with Gasteiger partial charge in [-0.25, -0.2) is 9.97 Å². The molecule has 7 heteroatoms. The zero-order valence-corrected chi connectivity index (χ0v) is 15.2. The first-order valence-corrected chi connectivity index (χ1v) is 8.89. The molecule has 2 N–H and O–H groups in total. The van der Waals surface area contributed by atoms with E-state index in [0.717, 1.165) is 39.4 Å². The summed E-state index contributed by atoms with van der Waals surface area (Å²) in [6.45, 7) is 0. The van der Waals surface area contributed by atoms with Crippen molar-refractivity contribution in [3.05, 3.63) is 73.2 Å². The van der Waals surface area contributed by atoms with E-state index >= 15 is 0 Å². The van der Waals surface area contributed by atoms with Gasteiger partial charge in [-0.05, 0) is 30.3 Å². The molecule has 0 bridgehead atoms. The van der Waals surface area contributed by atoms with E-state index in [0.29, 0.717) is 5.95 Å². The molecule has 0 saturated carbocycles. The average molecular weight is 367 g/mol. The molecule has 1 aromatic carbocycles. The summed E-state index contributed by atoms with van der Waals surface area (Å²) in [6, 6.07) is 18.0. The van der Waals surface area contributed by atoms with Crippen molar-refractivity contribution in [1.29, 1.82) is 0 Å². The van der Waals surface area contributed by atoms with Gasteiger partial charge in [-0.3, -0.25) is 9.67 Å². The van der Waals surface area contributed by atoms with Crippen LogP contribution in [0.15, 0.2) is 73.2 Å². The Morgan fingerprint density at radius 1 is 0.893 bits per heavy atom. The van der Waals surface area contributed by atoms with Gasteiger partial charge in [0.2, 0.25) is 5.95 Å². The van der Waals surface area contributed by atoms with Crippen molar-refractivity contribution in [2.75, 3.05) is 5.32 Å². The fourth-order valence-electron chi connectivity index (χ4n) is 3.14. The monoisotopic (exact) mass is 367 g/mol. The molecule has 4 heterocycles. The lowest BCUT2D eigenvalue weighted by atomic mass is 10.1. The second-order valence-corrected chi connectivity index (χ2v) is 6.43. The smallest absolute Gasteiger partial charge is 0.228 e. The summed E-state index contributed by atoms with van der Waals surface area (Å²) in [6.07, 6.45) is 5.26. The van der Waals surface area contributed by atoms with Crippen LogP contribution in [-0.4, -0.2) is 29.7 Å². The van der Waals surface area contributed by atoms with Crippen LogP contribution in [0.5, 0.6) is 0 Å². The lowest BCUT2D eigenvalue weighted by Gasteiger charge is -2.07. The molecule has 0 radical (unpaired) electrons. The van der Waals surface area contributed by atoms with Crippen LogP contribution in [0, 0.1) is 0 Å². The van der Waals surface area contributed by atoms with Crippen LogP contribution in [-0.2, 0) is 7.05 Å². The summed E-state index contributed by atoms with van der Waals surface area (Å²) in [5.74, 6) is 1.34. The number of nitrogens with one attached hydrogen (secondary N) is 2. The number of aromatic amines is 1. The zero-order valence-electron chi connectivity index (χ0n) is 15.2. The number of pyridine rings is 1. The standard InChI is InChI=1S/C21H17N7/c1-28-20(8-11-24-28)27-21-23-10-7-17(26-21)15-6-9-22-18(12-15)19-13-14-4-2-3-5-16(14)25-19/h2-13,25H,1H3,(H,23,26,27). The Bertz CT molecular complexity index is 1240. The number of nitrogens with zero attached hydrogens (tertiary/aromatic N) is 5. The highest BCUT2D eigenvalue weighted by atomic mass is 15.3. The van der Waals surface area contributed by atoms with Crippen LogP contribution in [0.25, 0.3) is 33.5 Å². The molecule has 0 aliphatic carbocycles. The largest absolute Gasteiger partial charge is 0.353 e. The van der Waals surface area contributed by atoms with E-state index in [-0.39, 0.29) is 0 Å². The third-order valence-corrected chi connectivity index (χ3v) is 4.58.